The van der Waals surface area contributed by atoms with Gasteiger partial charge in [-0.25, -0.2) is 0 Å². The normalized spacial score (nSPS) is 14.0. The van der Waals surface area contributed by atoms with Gasteiger partial charge in [0.05, 0.1) is 11.9 Å². The van der Waals surface area contributed by atoms with Crippen molar-refractivity contribution in [1.29, 1.82) is 0 Å². The Balaban J connectivity index is 1.85. The first-order valence-corrected chi connectivity index (χ1v) is 8.39. The molecule has 0 saturated carbocycles. The molecule has 0 heterocycles. The summed E-state index contributed by atoms with van der Waals surface area (Å²) in [6.07, 6.45) is 7.34. The molecule has 2 nitrogen and oxygen atoms in total. The van der Waals surface area contributed by atoms with Gasteiger partial charge >= 0.3 is 0 Å². The van der Waals surface area contributed by atoms with Gasteiger partial charge in [0.15, 0.2) is 0 Å². The van der Waals surface area contributed by atoms with Crippen molar-refractivity contribution < 1.29 is 0 Å². The molecule has 0 amide bonds. The predicted molar refractivity (Wildman–Crippen MR) is 105 cm³/mol. The van der Waals surface area contributed by atoms with Gasteiger partial charge in [-0.1, -0.05) is 54.1 Å². The van der Waals surface area contributed by atoms with Gasteiger partial charge in [0, 0.05) is 5.56 Å². The topological polar surface area (TPSA) is 24.4 Å². The molecular weight excluding hydrogens is 292 g/mol. The van der Waals surface area contributed by atoms with Crippen molar-refractivity contribution in [2.24, 2.45) is 5.10 Å². The Hall–Kier alpha value is -2.61. The number of nitrogens with zero attached hydrogens (tertiary/aromatic N) is 1. The van der Waals surface area contributed by atoms with E-state index in [4.69, 9.17) is 0 Å². The van der Waals surface area contributed by atoms with Crippen LogP contribution in [0.4, 0.5) is 5.69 Å². The summed E-state index contributed by atoms with van der Waals surface area (Å²) in [5.74, 6) is 0. The van der Waals surface area contributed by atoms with Gasteiger partial charge in [0.1, 0.15) is 0 Å². The van der Waals surface area contributed by atoms with E-state index in [1.54, 1.807) is 0 Å². The number of aryl methyl sites for hydroxylation is 3. The quantitative estimate of drug-likeness (QED) is 0.560. The second-order valence-electron chi connectivity index (χ2n) is 6.50. The number of benzene rings is 2. The molecule has 0 atom stereocenters. The Bertz CT molecular complexity index is 831. The number of nitrogens with one attached hydrogen (secondary N) is 1. The lowest BCUT2D eigenvalue weighted by molar-refractivity contribution is 1.25. The highest BCUT2D eigenvalue weighted by molar-refractivity contribution is 5.90. The zero-order valence-electron chi connectivity index (χ0n) is 14.9. The standard InChI is InChI=1S/C22H24N2/c1-15-12-17(3)22(18(4)13-15)24-23-14-19-9-5-6-10-21(19)20-11-7-8-16(20)2/h5-10,12-14,24H,11H2,1-4H3. The van der Waals surface area contributed by atoms with Crippen LogP contribution in [0.2, 0.25) is 0 Å². The maximum absolute atomic E-state index is 4.50. The molecule has 0 radical (unpaired) electrons. The molecule has 0 bridgehead atoms. The Morgan fingerprint density at radius 2 is 1.71 bits per heavy atom. The summed E-state index contributed by atoms with van der Waals surface area (Å²) in [7, 11) is 0. The van der Waals surface area contributed by atoms with Crippen LogP contribution < -0.4 is 5.43 Å². The van der Waals surface area contributed by atoms with Gasteiger partial charge in [-0.2, -0.15) is 5.10 Å². The lowest BCUT2D eigenvalue weighted by Crippen LogP contribution is -1.98. The second-order valence-corrected chi connectivity index (χ2v) is 6.50. The molecule has 2 heteroatoms. The molecule has 0 spiro atoms. The SMILES string of the molecule is CC1=C(c2ccccc2C=NNc2c(C)cc(C)cc2C)CC=C1. The highest BCUT2D eigenvalue weighted by atomic mass is 15.3. The van der Waals surface area contributed by atoms with Crippen molar-refractivity contribution in [1.82, 2.24) is 0 Å². The maximum atomic E-state index is 4.50. The van der Waals surface area contributed by atoms with E-state index in [0.29, 0.717) is 0 Å². The fraction of sp³-hybridized carbons (Fsp3) is 0.227. The highest BCUT2D eigenvalue weighted by Crippen LogP contribution is 2.30. The zero-order chi connectivity index (χ0) is 17.1. The van der Waals surface area contributed by atoms with Crippen LogP contribution >= 0.6 is 0 Å². The molecule has 1 aliphatic carbocycles. The lowest BCUT2D eigenvalue weighted by Gasteiger charge is -2.11. The molecule has 2 aromatic carbocycles. The largest absolute Gasteiger partial charge is 0.278 e. The van der Waals surface area contributed by atoms with Crippen LogP contribution in [0.3, 0.4) is 0 Å². The van der Waals surface area contributed by atoms with Crippen LogP contribution in [0, 0.1) is 20.8 Å². The number of anilines is 1. The van der Waals surface area contributed by atoms with Gasteiger partial charge in [-0.15, -0.1) is 0 Å². The Morgan fingerprint density at radius 3 is 2.38 bits per heavy atom. The average Bonchev–Trinajstić information content (AvgIpc) is 2.96. The number of hydrogen-bond donors (Lipinski definition) is 1. The summed E-state index contributed by atoms with van der Waals surface area (Å²) < 4.78 is 0. The summed E-state index contributed by atoms with van der Waals surface area (Å²) >= 11 is 0. The number of rotatable bonds is 4. The molecule has 0 aliphatic heterocycles. The molecule has 1 aliphatic rings. The first-order valence-electron chi connectivity index (χ1n) is 8.39. The van der Waals surface area contributed by atoms with E-state index in [1.165, 1.54) is 33.4 Å². The molecule has 3 rings (SSSR count). The van der Waals surface area contributed by atoms with E-state index in [-0.39, 0.29) is 0 Å². The number of hydrazone groups is 1. The summed E-state index contributed by atoms with van der Waals surface area (Å²) in [6, 6.07) is 12.8. The molecule has 1 N–H and O–H groups in total. The van der Waals surface area contributed by atoms with Gasteiger partial charge < -0.3 is 0 Å². The maximum Gasteiger partial charge on any atom is 0.0620 e. The van der Waals surface area contributed by atoms with E-state index in [0.717, 1.165) is 17.7 Å². The minimum atomic E-state index is 1.00. The predicted octanol–water partition coefficient (Wildman–Crippen LogP) is 5.79. The molecule has 0 unspecified atom stereocenters. The molecule has 0 fully saturated rings. The van der Waals surface area contributed by atoms with Crippen molar-refractivity contribution in [2.75, 3.05) is 5.43 Å². The molecule has 0 aromatic heterocycles. The van der Waals surface area contributed by atoms with Crippen molar-refractivity contribution in [3.63, 3.8) is 0 Å². The smallest absolute Gasteiger partial charge is 0.0620 e. The van der Waals surface area contributed by atoms with Gasteiger partial charge in [-0.05, 0) is 62.0 Å². The van der Waals surface area contributed by atoms with Gasteiger partial charge in [-0.3, -0.25) is 5.43 Å². The van der Waals surface area contributed by atoms with E-state index in [2.05, 4.69) is 86.8 Å². The van der Waals surface area contributed by atoms with Crippen molar-refractivity contribution >= 4 is 17.5 Å². The first kappa shape index (κ1) is 16.3. The summed E-state index contributed by atoms with van der Waals surface area (Å²) in [4.78, 5) is 0. The molecule has 0 saturated heterocycles. The van der Waals surface area contributed by atoms with Crippen LogP contribution in [0.1, 0.15) is 41.2 Å². The minimum Gasteiger partial charge on any atom is -0.278 e. The van der Waals surface area contributed by atoms with Crippen LogP contribution in [0.15, 0.2) is 59.2 Å². The summed E-state index contributed by atoms with van der Waals surface area (Å²) in [5, 5.41) is 4.50. The second kappa shape index (κ2) is 6.88. The van der Waals surface area contributed by atoms with Gasteiger partial charge in [0.2, 0.25) is 0 Å². The number of hydrogen-bond acceptors (Lipinski definition) is 2. The number of allylic oxidation sites excluding steroid dienone is 4. The third-order valence-corrected chi connectivity index (χ3v) is 4.51. The summed E-state index contributed by atoms with van der Waals surface area (Å²) in [6.45, 7) is 8.52. The third kappa shape index (κ3) is 3.33. The van der Waals surface area contributed by atoms with Crippen molar-refractivity contribution in [2.45, 2.75) is 34.1 Å². The average molecular weight is 316 g/mol. The van der Waals surface area contributed by atoms with E-state index >= 15 is 0 Å². The van der Waals surface area contributed by atoms with Crippen LogP contribution in [0.5, 0.6) is 0 Å². The van der Waals surface area contributed by atoms with E-state index in [1.807, 2.05) is 6.21 Å². The Kier molecular flexibility index (Phi) is 4.66. The first-order chi connectivity index (χ1) is 11.6. The monoisotopic (exact) mass is 316 g/mol. The minimum absolute atomic E-state index is 1.00. The molecule has 2 aromatic rings. The van der Waals surface area contributed by atoms with Crippen molar-refractivity contribution in [3.8, 4) is 0 Å². The fourth-order valence-corrected chi connectivity index (χ4v) is 3.34. The molecule has 24 heavy (non-hydrogen) atoms. The van der Waals surface area contributed by atoms with Crippen LogP contribution in [-0.2, 0) is 0 Å². The zero-order valence-corrected chi connectivity index (χ0v) is 14.9. The fourth-order valence-electron chi connectivity index (χ4n) is 3.34. The third-order valence-electron chi connectivity index (χ3n) is 4.51. The van der Waals surface area contributed by atoms with E-state index in [9.17, 15) is 0 Å². The van der Waals surface area contributed by atoms with Crippen molar-refractivity contribution in [3.05, 3.63) is 81.9 Å². The van der Waals surface area contributed by atoms with E-state index < -0.39 is 0 Å². The van der Waals surface area contributed by atoms with Crippen LogP contribution in [-0.4, -0.2) is 6.21 Å². The Morgan fingerprint density at radius 1 is 1.00 bits per heavy atom. The summed E-state index contributed by atoms with van der Waals surface area (Å²) in [5.41, 5.74) is 13.2. The Labute approximate surface area is 144 Å². The lowest BCUT2D eigenvalue weighted by atomic mass is 9.97. The molecular formula is C22H24N2. The molecule has 122 valence electrons. The van der Waals surface area contributed by atoms with Gasteiger partial charge in [0.25, 0.3) is 0 Å². The highest BCUT2D eigenvalue weighted by Gasteiger charge is 2.11. The van der Waals surface area contributed by atoms with Crippen LogP contribution in [0.25, 0.3) is 5.57 Å².